The molecule has 1 amide bonds. The number of ether oxygens (including phenoxy) is 1. The molecule has 0 radical (unpaired) electrons. The Morgan fingerprint density at radius 1 is 1.10 bits per heavy atom. The number of fused-ring (bicyclic) bond motifs is 3. The number of anilines is 3. The normalized spacial score (nSPS) is 19.3. The van der Waals surface area contributed by atoms with Gasteiger partial charge >= 0.3 is 6.09 Å². The van der Waals surface area contributed by atoms with Crippen molar-refractivity contribution < 1.29 is 19.0 Å². The molecule has 2 N–H and O–H groups in total. The van der Waals surface area contributed by atoms with Crippen LogP contribution >= 0.6 is 0 Å². The van der Waals surface area contributed by atoms with Crippen LogP contribution in [0.4, 0.5) is 26.6 Å². The lowest BCUT2D eigenvalue weighted by Crippen LogP contribution is -2.58. The summed E-state index contributed by atoms with van der Waals surface area (Å²) in [5.41, 5.74) is 2.20. The van der Waals surface area contributed by atoms with Crippen molar-refractivity contribution in [3.8, 4) is 17.0 Å². The number of carbonyl (C=O) groups excluding carboxylic acids is 1. The number of hydrogen-bond acceptors (Lipinski definition) is 10. The van der Waals surface area contributed by atoms with E-state index in [9.17, 15) is 14.3 Å². The monoisotopic (exact) mass is 562 g/mol. The molecule has 1 aromatic carbocycles. The number of piperidine rings is 1. The molecule has 12 heteroatoms. The predicted molar refractivity (Wildman–Crippen MR) is 153 cm³/mol. The molecular weight excluding hydrogens is 527 g/mol. The standard InChI is InChI=1S/C29H35FN8O3/c1-29(2,3)41-28(40)36-9-7-18(8-10-36)19-14-32-27(33-15-19)37-11-12-38-20(17-37)16-31-26-24(38)13-23(34-35-26)21-5-4-6-22(30)25(21)39/h4-6,13-15,18,20,39H,7-12,16-17H2,1-3H3,(H,31,35)/t20-/m0/s1. The number of phenolic OH excluding ortho intramolecular Hbond substituents is 1. The van der Waals surface area contributed by atoms with Gasteiger partial charge in [0.15, 0.2) is 17.4 Å². The molecule has 11 nitrogen and oxygen atoms in total. The maximum Gasteiger partial charge on any atom is 0.410 e. The minimum absolute atomic E-state index is 0.148. The number of phenols is 1. The molecule has 2 saturated heterocycles. The van der Waals surface area contributed by atoms with Crippen LogP contribution in [0.3, 0.4) is 0 Å². The van der Waals surface area contributed by atoms with Crippen LogP contribution in [0.15, 0.2) is 36.7 Å². The molecule has 0 saturated carbocycles. The predicted octanol–water partition coefficient (Wildman–Crippen LogP) is 4.01. The number of carbonyl (C=O) groups is 1. The third kappa shape index (κ3) is 5.55. The number of hydrogen-bond donors (Lipinski definition) is 2. The number of aromatic hydroxyl groups is 1. The number of amides is 1. The maximum absolute atomic E-state index is 13.9. The van der Waals surface area contributed by atoms with Crippen LogP contribution in [-0.4, -0.2) is 87.2 Å². The van der Waals surface area contributed by atoms with E-state index in [0.717, 1.165) is 43.7 Å². The Bertz CT molecular complexity index is 1420. The second-order valence-corrected chi connectivity index (χ2v) is 11.8. The number of rotatable bonds is 3. The maximum atomic E-state index is 13.9. The highest BCUT2D eigenvalue weighted by molar-refractivity contribution is 5.77. The van der Waals surface area contributed by atoms with Gasteiger partial charge in [-0.2, -0.15) is 0 Å². The molecular formula is C29H35FN8O3. The summed E-state index contributed by atoms with van der Waals surface area (Å²) < 4.78 is 19.5. The summed E-state index contributed by atoms with van der Waals surface area (Å²) in [6, 6.07) is 6.39. The molecule has 1 atom stereocenters. The number of piperazine rings is 1. The van der Waals surface area contributed by atoms with Crippen LogP contribution in [0, 0.1) is 5.82 Å². The first-order valence-corrected chi connectivity index (χ1v) is 14.1. The van der Waals surface area contributed by atoms with Crippen LogP contribution < -0.4 is 15.1 Å². The largest absolute Gasteiger partial charge is 0.504 e. The Kier molecular flexibility index (Phi) is 7.00. The lowest BCUT2D eigenvalue weighted by molar-refractivity contribution is 0.0204. The first-order valence-electron chi connectivity index (χ1n) is 14.1. The Hall–Kier alpha value is -4.22. The van der Waals surface area contributed by atoms with E-state index in [2.05, 4.69) is 25.3 Å². The molecule has 216 valence electrons. The Balaban J connectivity index is 1.09. The topological polar surface area (TPSA) is 120 Å². The zero-order valence-electron chi connectivity index (χ0n) is 23.5. The first kappa shape index (κ1) is 27.0. The fourth-order valence-electron chi connectivity index (χ4n) is 5.75. The van der Waals surface area contributed by atoms with Gasteiger partial charge in [-0.15, -0.1) is 10.2 Å². The molecule has 5 heterocycles. The summed E-state index contributed by atoms with van der Waals surface area (Å²) in [4.78, 5) is 28.1. The van der Waals surface area contributed by atoms with Gasteiger partial charge in [-0.1, -0.05) is 6.07 Å². The van der Waals surface area contributed by atoms with Crippen LogP contribution in [0.25, 0.3) is 11.3 Å². The minimum atomic E-state index is -0.691. The van der Waals surface area contributed by atoms with Gasteiger partial charge in [-0.25, -0.2) is 19.2 Å². The van der Waals surface area contributed by atoms with Crippen LogP contribution in [0.2, 0.25) is 0 Å². The van der Waals surface area contributed by atoms with E-state index in [0.29, 0.717) is 48.6 Å². The van der Waals surface area contributed by atoms with Crippen molar-refractivity contribution in [2.75, 3.05) is 54.4 Å². The van der Waals surface area contributed by atoms with E-state index in [-0.39, 0.29) is 12.1 Å². The zero-order chi connectivity index (χ0) is 28.7. The van der Waals surface area contributed by atoms with Crippen molar-refractivity contribution in [2.24, 2.45) is 0 Å². The smallest absolute Gasteiger partial charge is 0.410 e. The van der Waals surface area contributed by atoms with Crippen molar-refractivity contribution in [2.45, 2.75) is 51.2 Å². The summed E-state index contributed by atoms with van der Waals surface area (Å²) in [5, 5.41) is 22.1. The molecule has 2 aromatic heterocycles. The van der Waals surface area contributed by atoms with Crippen molar-refractivity contribution in [1.82, 2.24) is 25.1 Å². The van der Waals surface area contributed by atoms with Crippen molar-refractivity contribution >= 4 is 23.5 Å². The summed E-state index contributed by atoms with van der Waals surface area (Å²) >= 11 is 0. The van der Waals surface area contributed by atoms with Gasteiger partial charge in [0, 0.05) is 57.2 Å². The molecule has 0 aliphatic carbocycles. The minimum Gasteiger partial charge on any atom is -0.504 e. The highest BCUT2D eigenvalue weighted by atomic mass is 19.1. The highest BCUT2D eigenvalue weighted by Crippen LogP contribution is 2.37. The number of aromatic nitrogens is 4. The van der Waals surface area contributed by atoms with Gasteiger partial charge < -0.3 is 29.9 Å². The Morgan fingerprint density at radius 2 is 1.85 bits per heavy atom. The summed E-state index contributed by atoms with van der Waals surface area (Å²) in [5.74, 6) is 0.563. The van der Waals surface area contributed by atoms with Crippen LogP contribution in [0.1, 0.15) is 45.1 Å². The zero-order valence-corrected chi connectivity index (χ0v) is 23.5. The van der Waals surface area contributed by atoms with E-state index in [1.165, 1.54) is 6.07 Å². The molecule has 0 spiro atoms. The number of nitrogens with zero attached hydrogens (tertiary/aromatic N) is 7. The molecule has 3 aliphatic rings. The van der Waals surface area contributed by atoms with Gasteiger partial charge in [0.1, 0.15) is 5.60 Å². The number of benzene rings is 1. The molecule has 3 aromatic rings. The fraction of sp³-hybridized carbons (Fsp3) is 0.483. The summed E-state index contributed by atoms with van der Waals surface area (Å²) in [6.07, 6.45) is 5.30. The fourth-order valence-corrected chi connectivity index (χ4v) is 5.75. The quantitative estimate of drug-likeness (QED) is 0.484. The Morgan fingerprint density at radius 3 is 2.59 bits per heavy atom. The van der Waals surface area contributed by atoms with Gasteiger partial charge in [0.25, 0.3) is 0 Å². The van der Waals surface area contributed by atoms with E-state index in [1.54, 1.807) is 17.0 Å². The second-order valence-electron chi connectivity index (χ2n) is 11.8. The SMILES string of the molecule is CC(C)(C)OC(=O)N1CCC(c2cnc(N3CCN4c5cc(-c6cccc(F)c6O)nnc5NC[C@H]4C3)nc2)CC1. The van der Waals surface area contributed by atoms with Crippen molar-refractivity contribution in [3.63, 3.8) is 0 Å². The van der Waals surface area contributed by atoms with Gasteiger partial charge in [-0.3, -0.25) is 0 Å². The van der Waals surface area contributed by atoms with Crippen molar-refractivity contribution in [3.05, 3.63) is 48.0 Å². The lowest BCUT2D eigenvalue weighted by atomic mass is 9.91. The summed E-state index contributed by atoms with van der Waals surface area (Å²) in [6.45, 7) is 9.83. The average Bonchev–Trinajstić information content (AvgIpc) is 2.97. The van der Waals surface area contributed by atoms with Gasteiger partial charge in [0.05, 0.1) is 17.4 Å². The molecule has 0 bridgehead atoms. The Labute approximate surface area is 238 Å². The van der Waals surface area contributed by atoms with E-state index < -0.39 is 17.2 Å². The molecule has 0 unspecified atom stereocenters. The molecule has 41 heavy (non-hydrogen) atoms. The van der Waals surface area contributed by atoms with Crippen molar-refractivity contribution in [1.29, 1.82) is 0 Å². The van der Waals surface area contributed by atoms with E-state index in [4.69, 9.17) is 14.7 Å². The average molecular weight is 563 g/mol. The molecule has 6 rings (SSSR count). The third-order valence-electron chi connectivity index (χ3n) is 7.89. The third-order valence-corrected chi connectivity index (χ3v) is 7.89. The number of para-hydroxylation sites is 1. The lowest BCUT2D eigenvalue weighted by Gasteiger charge is -2.45. The molecule has 2 fully saturated rings. The van der Waals surface area contributed by atoms with Gasteiger partial charge in [-0.05, 0) is 63.3 Å². The van der Waals surface area contributed by atoms with Crippen LogP contribution in [-0.2, 0) is 4.74 Å². The van der Waals surface area contributed by atoms with E-state index >= 15 is 0 Å². The second kappa shape index (κ2) is 10.6. The number of halogens is 1. The number of nitrogens with one attached hydrogen (secondary N) is 1. The first-order chi connectivity index (χ1) is 19.7. The highest BCUT2D eigenvalue weighted by Gasteiger charge is 2.34. The van der Waals surface area contributed by atoms with Gasteiger partial charge in [0.2, 0.25) is 5.95 Å². The number of likely N-dealkylation sites (tertiary alicyclic amines) is 1. The summed E-state index contributed by atoms with van der Waals surface area (Å²) in [7, 11) is 0. The van der Waals surface area contributed by atoms with E-state index in [1.807, 2.05) is 39.2 Å². The molecule has 3 aliphatic heterocycles. The van der Waals surface area contributed by atoms with Crippen LogP contribution in [0.5, 0.6) is 5.75 Å².